The molecule has 3 aromatic rings. The lowest BCUT2D eigenvalue weighted by Gasteiger charge is -2.20. The van der Waals surface area contributed by atoms with Gasteiger partial charge in [-0.3, -0.25) is 9.69 Å². The van der Waals surface area contributed by atoms with Gasteiger partial charge in [-0.2, -0.15) is 0 Å². The molecular formula is C24H29N5O3. The molecule has 1 amide bonds. The largest absolute Gasteiger partial charge is 0.491 e. The van der Waals surface area contributed by atoms with Gasteiger partial charge >= 0.3 is 0 Å². The van der Waals surface area contributed by atoms with Crippen LogP contribution >= 0.6 is 0 Å². The van der Waals surface area contributed by atoms with Crippen molar-refractivity contribution in [2.45, 2.75) is 32.5 Å². The minimum Gasteiger partial charge on any atom is -0.491 e. The van der Waals surface area contributed by atoms with Crippen LogP contribution in [0.5, 0.6) is 5.75 Å². The molecule has 0 unspecified atom stereocenters. The third-order valence-electron chi connectivity index (χ3n) is 5.51. The monoisotopic (exact) mass is 435 g/mol. The molecule has 32 heavy (non-hydrogen) atoms. The maximum atomic E-state index is 12.3. The molecule has 2 aromatic carbocycles. The van der Waals surface area contributed by atoms with Gasteiger partial charge in [0.15, 0.2) is 5.82 Å². The number of ether oxygens (including phenoxy) is 1. The van der Waals surface area contributed by atoms with Gasteiger partial charge < -0.3 is 19.7 Å². The van der Waals surface area contributed by atoms with Crippen molar-refractivity contribution in [2.75, 3.05) is 26.3 Å². The molecule has 2 N–H and O–H groups in total. The zero-order chi connectivity index (χ0) is 22.2. The van der Waals surface area contributed by atoms with Gasteiger partial charge in [-0.25, -0.2) is 0 Å². The Morgan fingerprint density at radius 2 is 1.88 bits per heavy atom. The van der Waals surface area contributed by atoms with Crippen molar-refractivity contribution >= 4 is 5.91 Å². The molecule has 0 fully saturated rings. The summed E-state index contributed by atoms with van der Waals surface area (Å²) in [6.45, 7) is 4.04. The van der Waals surface area contributed by atoms with Crippen LogP contribution in [-0.4, -0.2) is 57.0 Å². The summed E-state index contributed by atoms with van der Waals surface area (Å²) in [5, 5.41) is 20.6. The molecule has 0 atom stereocenters. The highest BCUT2D eigenvalue weighted by Gasteiger charge is 2.19. The van der Waals surface area contributed by atoms with Crippen molar-refractivity contribution in [2.24, 2.45) is 0 Å². The first kappa shape index (κ1) is 22.0. The fourth-order valence-corrected chi connectivity index (χ4v) is 3.89. The first-order valence-electron chi connectivity index (χ1n) is 11.0. The van der Waals surface area contributed by atoms with Gasteiger partial charge in [0.2, 0.25) is 5.91 Å². The zero-order valence-electron chi connectivity index (χ0n) is 18.1. The molecule has 0 bridgehead atoms. The molecule has 168 valence electrons. The van der Waals surface area contributed by atoms with E-state index in [0.717, 1.165) is 55.6 Å². The van der Waals surface area contributed by atoms with Crippen LogP contribution in [0, 0.1) is 0 Å². The topological polar surface area (TPSA) is 92.5 Å². The minimum absolute atomic E-state index is 0.00486. The SMILES string of the molecule is O=C(Cc1ccccc1)NCc1nnc2n1CCN(Cc1cccc(OCCO)c1)CC2. The third-order valence-corrected chi connectivity index (χ3v) is 5.51. The number of nitrogens with one attached hydrogen (secondary N) is 1. The van der Waals surface area contributed by atoms with Crippen molar-refractivity contribution in [3.63, 3.8) is 0 Å². The number of carbonyl (C=O) groups is 1. The molecule has 1 aliphatic rings. The maximum absolute atomic E-state index is 12.3. The van der Waals surface area contributed by atoms with Crippen LogP contribution in [-0.2, 0) is 37.3 Å². The molecule has 0 saturated carbocycles. The van der Waals surface area contributed by atoms with Gasteiger partial charge in [-0.1, -0.05) is 42.5 Å². The van der Waals surface area contributed by atoms with Crippen LogP contribution in [0.3, 0.4) is 0 Å². The van der Waals surface area contributed by atoms with E-state index in [4.69, 9.17) is 9.84 Å². The Kier molecular flexibility index (Phi) is 7.47. The Hall–Kier alpha value is -3.23. The van der Waals surface area contributed by atoms with E-state index in [1.807, 2.05) is 48.5 Å². The summed E-state index contributed by atoms with van der Waals surface area (Å²) in [6.07, 6.45) is 1.17. The molecule has 8 nitrogen and oxygen atoms in total. The summed E-state index contributed by atoms with van der Waals surface area (Å²) in [7, 11) is 0. The Labute approximate surface area is 187 Å². The fraction of sp³-hybridized carbons (Fsp3) is 0.375. The average molecular weight is 436 g/mol. The molecule has 0 aliphatic carbocycles. The molecule has 2 heterocycles. The predicted octanol–water partition coefficient (Wildman–Crippen LogP) is 1.57. The number of rotatable bonds is 9. The average Bonchev–Trinajstić information content (AvgIpc) is 3.09. The van der Waals surface area contributed by atoms with E-state index in [-0.39, 0.29) is 12.5 Å². The van der Waals surface area contributed by atoms with E-state index in [1.165, 1.54) is 5.56 Å². The van der Waals surface area contributed by atoms with Crippen LogP contribution < -0.4 is 10.1 Å². The second-order valence-corrected chi connectivity index (χ2v) is 7.87. The Balaban J connectivity index is 1.31. The van der Waals surface area contributed by atoms with Crippen molar-refractivity contribution < 1.29 is 14.6 Å². The molecular weight excluding hydrogens is 406 g/mol. The Bertz CT molecular complexity index is 1020. The van der Waals surface area contributed by atoms with Gasteiger partial charge in [-0.05, 0) is 23.3 Å². The summed E-state index contributed by atoms with van der Waals surface area (Å²) in [5.41, 5.74) is 2.16. The highest BCUT2D eigenvalue weighted by Crippen LogP contribution is 2.17. The van der Waals surface area contributed by atoms with Crippen LogP contribution in [0.2, 0.25) is 0 Å². The van der Waals surface area contributed by atoms with Gasteiger partial charge in [-0.15, -0.1) is 10.2 Å². The molecule has 1 aromatic heterocycles. The van der Waals surface area contributed by atoms with Crippen molar-refractivity contribution in [1.82, 2.24) is 25.0 Å². The number of hydrogen-bond donors (Lipinski definition) is 2. The number of carbonyl (C=O) groups excluding carboxylic acids is 1. The van der Waals surface area contributed by atoms with E-state index in [1.54, 1.807) is 0 Å². The van der Waals surface area contributed by atoms with Gasteiger partial charge in [0.05, 0.1) is 19.6 Å². The van der Waals surface area contributed by atoms with Crippen LogP contribution in [0.4, 0.5) is 0 Å². The number of aliphatic hydroxyl groups is 1. The smallest absolute Gasteiger partial charge is 0.224 e. The molecule has 0 radical (unpaired) electrons. The van der Waals surface area contributed by atoms with Crippen molar-refractivity contribution in [3.8, 4) is 5.75 Å². The number of amides is 1. The minimum atomic E-state index is -0.0212. The highest BCUT2D eigenvalue weighted by atomic mass is 16.5. The van der Waals surface area contributed by atoms with Crippen LogP contribution in [0.25, 0.3) is 0 Å². The lowest BCUT2D eigenvalue weighted by atomic mass is 10.1. The summed E-state index contributed by atoms with van der Waals surface area (Å²) >= 11 is 0. The maximum Gasteiger partial charge on any atom is 0.224 e. The van der Waals surface area contributed by atoms with E-state index in [0.29, 0.717) is 19.6 Å². The first-order chi connectivity index (χ1) is 15.7. The fourth-order valence-electron chi connectivity index (χ4n) is 3.89. The first-order valence-corrected chi connectivity index (χ1v) is 11.0. The predicted molar refractivity (Wildman–Crippen MR) is 120 cm³/mol. The van der Waals surface area contributed by atoms with Crippen molar-refractivity contribution in [1.29, 1.82) is 0 Å². The Morgan fingerprint density at radius 3 is 2.72 bits per heavy atom. The van der Waals surface area contributed by atoms with Crippen LogP contribution in [0.15, 0.2) is 54.6 Å². The van der Waals surface area contributed by atoms with E-state index in [2.05, 4.69) is 31.0 Å². The van der Waals surface area contributed by atoms with Crippen molar-refractivity contribution in [3.05, 3.63) is 77.4 Å². The quantitative estimate of drug-likeness (QED) is 0.530. The summed E-state index contributed by atoms with van der Waals surface area (Å²) < 4.78 is 7.65. The molecule has 0 saturated heterocycles. The second-order valence-electron chi connectivity index (χ2n) is 7.87. The van der Waals surface area contributed by atoms with E-state index in [9.17, 15) is 4.79 Å². The molecule has 1 aliphatic heterocycles. The van der Waals surface area contributed by atoms with E-state index < -0.39 is 0 Å². The third kappa shape index (κ3) is 5.93. The summed E-state index contributed by atoms with van der Waals surface area (Å²) in [5.74, 6) is 2.51. The lowest BCUT2D eigenvalue weighted by Crippen LogP contribution is -2.28. The normalized spacial score (nSPS) is 13.9. The number of hydrogen-bond acceptors (Lipinski definition) is 6. The van der Waals surface area contributed by atoms with Gasteiger partial charge in [0.1, 0.15) is 18.2 Å². The van der Waals surface area contributed by atoms with E-state index >= 15 is 0 Å². The Morgan fingerprint density at radius 1 is 1.03 bits per heavy atom. The second kappa shape index (κ2) is 10.9. The molecule has 0 spiro atoms. The number of aromatic nitrogens is 3. The number of nitrogens with zero attached hydrogens (tertiary/aromatic N) is 4. The number of benzene rings is 2. The zero-order valence-corrected chi connectivity index (χ0v) is 18.1. The standard InChI is InChI=1S/C24H29N5O3/c30-13-14-32-21-8-4-7-20(15-21)18-28-10-9-22-26-27-23(29(22)12-11-28)17-25-24(31)16-19-5-2-1-3-6-19/h1-8,15,30H,9-14,16-18H2,(H,25,31). The molecule has 8 heteroatoms. The number of fused-ring (bicyclic) bond motifs is 1. The number of aliphatic hydroxyl groups excluding tert-OH is 1. The van der Waals surface area contributed by atoms with Crippen LogP contribution in [0.1, 0.15) is 22.8 Å². The van der Waals surface area contributed by atoms with Gasteiger partial charge in [0, 0.05) is 32.6 Å². The summed E-state index contributed by atoms with van der Waals surface area (Å²) in [6, 6.07) is 17.7. The summed E-state index contributed by atoms with van der Waals surface area (Å²) in [4.78, 5) is 14.7. The lowest BCUT2D eigenvalue weighted by molar-refractivity contribution is -0.120. The highest BCUT2D eigenvalue weighted by molar-refractivity contribution is 5.78. The molecule has 4 rings (SSSR count). The van der Waals surface area contributed by atoms with Gasteiger partial charge in [0.25, 0.3) is 0 Å².